The predicted molar refractivity (Wildman–Crippen MR) is 107 cm³/mol. The number of carbonyl (C=O) groups excluding carboxylic acids is 1. The molecule has 1 saturated heterocycles. The molecular weight excluding hydrogens is 394 g/mol. The van der Waals surface area contributed by atoms with Crippen LogP contribution >= 0.6 is 0 Å². The normalized spacial score (nSPS) is 15.0. The standard InChI is InChI=1S/C20H25N3O5S/c1-27-18-8-6-15(12-17(18)20(24)28-2)13-21-19-9-7-16(14-22-19)29(25,26)23-10-4-3-5-11-23/h6-9,12,14H,3-5,10-11,13H2,1-2H3,(H,21,22)/p+1. The molecule has 0 spiro atoms. The second kappa shape index (κ2) is 9.23. The number of carbonyl (C=O) groups is 1. The summed E-state index contributed by atoms with van der Waals surface area (Å²) < 4.78 is 36.9. The lowest BCUT2D eigenvalue weighted by Gasteiger charge is -2.25. The molecular formula is C20H26N3O5S+. The van der Waals surface area contributed by atoms with Crippen LogP contribution in [0.4, 0.5) is 5.82 Å². The molecule has 1 aliphatic rings. The van der Waals surface area contributed by atoms with Crippen LogP contribution in [0.3, 0.4) is 0 Å². The number of rotatable bonds is 7. The third kappa shape index (κ3) is 4.86. The Morgan fingerprint density at radius 3 is 2.52 bits per heavy atom. The Hall–Kier alpha value is -2.65. The number of esters is 1. The highest BCUT2D eigenvalue weighted by molar-refractivity contribution is 7.89. The van der Waals surface area contributed by atoms with E-state index in [9.17, 15) is 13.2 Å². The molecule has 1 fully saturated rings. The lowest BCUT2D eigenvalue weighted by atomic mass is 10.1. The molecule has 2 heterocycles. The van der Waals surface area contributed by atoms with Gasteiger partial charge in [-0.3, -0.25) is 5.32 Å². The minimum Gasteiger partial charge on any atom is -0.496 e. The van der Waals surface area contributed by atoms with Crippen molar-refractivity contribution in [3.63, 3.8) is 0 Å². The van der Waals surface area contributed by atoms with Gasteiger partial charge >= 0.3 is 5.97 Å². The molecule has 29 heavy (non-hydrogen) atoms. The van der Waals surface area contributed by atoms with E-state index in [1.165, 1.54) is 20.4 Å². The van der Waals surface area contributed by atoms with Crippen LogP contribution in [0.2, 0.25) is 0 Å². The molecule has 0 radical (unpaired) electrons. The van der Waals surface area contributed by atoms with E-state index in [1.807, 2.05) is 6.07 Å². The third-order valence-corrected chi connectivity index (χ3v) is 6.78. The molecule has 0 saturated carbocycles. The Bertz CT molecular complexity index is 955. The Labute approximate surface area is 170 Å². The first-order valence-electron chi connectivity index (χ1n) is 9.46. The van der Waals surface area contributed by atoms with E-state index in [0.29, 0.717) is 36.8 Å². The molecule has 0 bridgehead atoms. The maximum Gasteiger partial charge on any atom is 0.341 e. The fraction of sp³-hybridized carbons (Fsp3) is 0.400. The fourth-order valence-electron chi connectivity index (χ4n) is 3.27. The van der Waals surface area contributed by atoms with Crippen molar-refractivity contribution in [1.82, 2.24) is 4.31 Å². The fourth-order valence-corrected chi connectivity index (χ4v) is 4.75. The largest absolute Gasteiger partial charge is 0.496 e. The average Bonchev–Trinajstić information content (AvgIpc) is 2.77. The van der Waals surface area contributed by atoms with Crippen LogP contribution in [0, 0.1) is 0 Å². The van der Waals surface area contributed by atoms with Crippen molar-refractivity contribution < 1.29 is 27.7 Å². The minimum atomic E-state index is -3.46. The zero-order valence-electron chi connectivity index (χ0n) is 16.6. The summed E-state index contributed by atoms with van der Waals surface area (Å²) in [6, 6.07) is 8.54. The Balaban J connectivity index is 1.68. The van der Waals surface area contributed by atoms with Crippen molar-refractivity contribution in [2.24, 2.45) is 0 Å². The van der Waals surface area contributed by atoms with Crippen LogP contribution in [-0.4, -0.2) is 46.0 Å². The van der Waals surface area contributed by atoms with Crippen molar-refractivity contribution in [2.75, 3.05) is 32.6 Å². The highest BCUT2D eigenvalue weighted by Gasteiger charge is 2.26. The van der Waals surface area contributed by atoms with Crippen LogP contribution in [0.25, 0.3) is 0 Å². The van der Waals surface area contributed by atoms with Crippen LogP contribution in [0.1, 0.15) is 35.2 Å². The second-order valence-electron chi connectivity index (χ2n) is 6.78. The van der Waals surface area contributed by atoms with Crippen LogP contribution in [0.5, 0.6) is 5.75 Å². The van der Waals surface area contributed by atoms with Crippen molar-refractivity contribution in [2.45, 2.75) is 30.7 Å². The monoisotopic (exact) mass is 420 g/mol. The Morgan fingerprint density at radius 1 is 1.14 bits per heavy atom. The lowest BCUT2D eigenvalue weighted by Crippen LogP contribution is -2.36. The number of sulfonamides is 1. The number of ether oxygens (including phenoxy) is 2. The molecule has 2 aromatic rings. The maximum atomic E-state index is 12.7. The van der Waals surface area contributed by atoms with Gasteiger partial charge in [0.05, 0.1) is 14.2 Å². The van der Waals surface area contributed by atoms with Crippen LogP contribution < -0.4 is 15.0 Å². The molecule has 2 N–H and O–H groups in total. The third-order valence-electron chi connectivity index (χ3n) is 4.89. The number of nitrogens with one attached hydrogen (secondary N) is 2. The summed E-state index contributed by atoms with van der Waals surface area (Å²) in [5.41, 5.74) is 1.20. The molecule has 9 heteroatoms. The minimum absolute atomic E-state index is 0.252. The predicted octanol–water partition coefficient (Wildman–Crippen LogP) is 2.08. The summed E-state index contributed by atoms with van der Waals surface area (Å²) in [6.45, 7) is 1.58. The summed E-state index contributed by atoms with van der Waals surface area (Å²) in [5.74, 6) is 0.639. The molecule has 0 unspecified atom stereocenters. The van der Waals surface area contributed by atoms with E-state index >= 15 is 0 Å². The van der Waals surface area contributed by atoms with Gasteiger partial charge in [-0.2, -0.15) is 4.31 Å². The van der Waals surface area contributed by atoms with Gasteiger partial charge in [-0.05, 0) is 36.6 Å². The smallest absolute Gasteiger partial charge is 0.341 e. The molecule has 1 aromatic heterocycles. The van der Waals surface area contributed by atoms with E-state index in [-0.39, 0.29) is 4.90 Å². The molecule has 3 rings (SSSR count). The van der Waals surface area contributed by atoms with Crippen molar-refractivity contribution >= 4 is 21.8 Å². The van der Waals surface area contributed by atoms with Crippen LogP contribution in [-0.2, 0) is 21.3 Å². The van der Waals surface area contributed by atoms with Gasteiger partial charge < -0.3 is 9.47 Å². The maximum absolute atomic E-state index is 12.7. The van der Waals surface area contributed by atoms with Gasteiger partial charge in [0.25, 0.3) is 5.82 Å². The molecule has 156 valence electrons. The summed E-state index contributed by atoms with van der Waals surface area (Å²) in [6.07, 6.45) is 4.38. The van der Waals surface area contributed by atoms with Gasteiger partial charge in [0, 0.05) is 19.2 Å². The number of pyridine rings is 1. The van der Waals surface area contributed by atoms with E-state index in [0.717, 1.165) is 24.8 Å². The van der Waals surface area contributed by atoms with Gasteiger partial charge in [-0.15, -0.1) is 0 Å². The number of anilines is 1. The van der Waals surface area contributed by atoms with E-state index in [2.05, 4.69) is 10.3 Å². The SMILES string of the molecule is COC(=O)c1cc(CNc2ccc(S(=O)(=O)N3CCCCC3)c[nH+]2)ccc1OC. The summed E-state index contributed by atoms with van der Waals surface area (Å²) in [7, 11) is -0.648. The summed E-state index contributed by atoms with van der Waals surface area (Å²) in [4.78, 5) is 15.1. The summed E-state index contributed by atoms with van der Waals surface area (Å²) >= 11 is 0. The number of hydrogen-bond donors (Lipinski definition) is 1. The van der Waals surface area contributed by atoms with Gasteiger partial charge in [-0.1, -0.05) is 12.5 Å². The molecule has 0 atom stereocenters. The number of aromatic nitrogens is 1. The lowest BCUT2D eigenvalue weighted by molar-refractivity contribution is -0.364. The summed E-state index contributed by atoms with van der Waals surface area (Å²) in [5, 5.41) is 3.18. The van der Waals surface area contributed by atoms with Crippen LogP contribution in [0.15, 0.2) is 41.4 Å². The molecule has 0 amide bonds. The number of nitrogens with zero attached hydrogens (tertiary/aromatic N) is 1. The van der Waals surface area contributed by atoms with Crippen molar-refractivity contribution in [1.29, 1.82) is 0 Å². The highest BCUT2D eigenvalue weighted by atomic mass is 32.2. The number of benzene rings is 1. The Kier molecular flexibility index (Phi) is 6.71. The molecule has 1 aliphatic heterocycles. The van der Waals surface area contributed by atoms with E-state index in [4.69, 9.17) is 9.47 Å². The molecule has 1 aromatic carbocycles. The first-order chi connectivity index (χ1) is 14.0. The van der Waals surface area contributed by atoms with Gasteiger partial charge in [0.15, 0.2) is 0 Å². The zero-order chi connectivity index (χ0) is 20.9. The molecule has 0 aliphatic carbocycles. The number of H-pyrrole nitrogens is 1. The quantitative estimate of drug-likeness (QED) is 0.689. The van der Waals surface area contributed by atoms with Crippen molar-refractivity contribution in [3.05, 3.63) is 47.7 Å². The van der Waals surface area contributed by atoms with E-state index in [1.54, 1.807) is 28.6 Å². The van der Waals surface area contributed by atoms with Crippen molar-refractivity contribution in [3.8, 4) is 5.75 Å². The number of aromatic amines is 1. The van der Waals surface area contributed by atoms with E-state index < -0.39 is 16.0 Å². The highest BCUT2D eigenvalue weighted by Crippen LogP contribution is 2.22. The van der Waals surface area contributed by atoms with Gasteiger partial charge in [0.2, 0.25) is 10.0 Å². The van der Waals surface area contributed by atoms with Gasteiger partial charge in [-0.25, -0.2) is 18.2 Å². The molecule has 8 nitrogen and oxygen atoms in total. The number of piperidine rings is 1. The first-order valence-corrected chi connectivity index (χ1v) is 10.9. The Morgan fingerprint density at radius 2 is 1.90 bits per heavy atom. The number of hydrogen-bond acceptors (Lipinski definition) is 6. The second-order valence-corrected chi connectivity index (χ2v) is 8.72. The average molecular weight is 421 g/mol. The topological polar surface area (TPSA) is 99.1 Å². The van der Waals surface area contributed by atoms with Gasteiger partial charge in [0.1, 0.15) is 29.0 Å². The number of methoxy groups -OCH3 is 2. The zero-order valence-corrected chi connectivity index (χ0v) is 17.4. The first kappa shape index (κ1) is 21.1.